The number of hydrogen-bond donors (Lipinski definition) is 0. The Hall–Kier alpha value is -2.12. The summed E-state index contributed by atoms with van der Waals surface area (Å²) in [4.78, 5) is 7.17. The van der Waals surface area contributed by atoms with Crippen LogP contribution in [0, 0.1) is 17.2 Å². The van der Waals surface area contributed by atoms with Gasteiger partial charge in [-0.05, 0) is 49.8 Å². The average molecular weight is 320 g/mol. The number of imidazole rings is 1. The summed E-state index contributed by atoms with van der Waals surface area (Å²) in [6, 6.07) is 10.3. The molecule has 124 valence electrons. The van der Waals surface area contributed by atoms with E-state index in [0.717, 1.165) is 43.2 Å². The molecule has 0 amide bonds. The number of nitrogens with zero attached hydrogens (tertiary/aromatic N) is 4. The Kier molecular flexibility index (Phi) is 4.36. The second-order valence-corrected chi connectivity index (χ2v) is 7.22. The maximum absolute atomic E-state index is 9.29. The zero-order valence-electron chi connectivity index (χ0n) is 14.1. The molecule has 1 saturated carbocycles. The van der Waals surface area contributed by atoms with Crippen molar-refractivity contribution in [1.82, 2.24) is 14.5 Å². The van der Waals surface area contributed by atoms with Gasteiger partial charge in [-0.1, -0.05) is 18.2 Å². The van der Waals surface area contributed by atoms with Crippen molar-refractivity contribution in [3.63, 3.8) is 0 Å². The Balaban J connectivity index is 1.46. The van der Waals surface area contributed by atoms with E-state index in [1.54, 1.807) is 0 Å². The minimum atomic E-state index is 0.516. The van der Waals surface area contributed by atoms with Crippen LogP contribution in [0.4, 0.5) is 0 Å². The molecule has 2 fully saturated rings. The smallest absolute Gasteiger partial charge is 0.113 e. The van der Waals surface area contributed by atoms with Crippen molar-refractivity contribution in [3.05, 3.63) is 53.6 Å². The number of piperidine rings is 1. The zero-order chi connectivity index (χ0) is 16.4. The van der Waals surface area contributed by atoms with E-state index in [1.165, 1.54) is 31.5 Å². The predicted octanol–water partition coefficient (Wildman–Crippen LogP) is 3.54. The third-order valence-electron chi connectivity index (χ3n) is 5.30. The van der Waals surface area contributed by atoms with Crippen LogP contribution in [0.1, 0.15) is 48.6 Å². The third kappa shape index (κ3) is 3.37. The fourth-order valence-electron chi connectivity index (χ4n) is 3.83. The molecule has 0 spiro atoms. The number of rotatable bonds is 5. The quantitative estimate of drug-likeness (QED) is 0.846. The molecule has 2 heterocycles. The summed E-state index contributed by atoms with van der Waals surface area (Å²) in [7, 11) is 0. The molecule has 0 unspecified atom stereocenters. The Morgan fingerprint density at radius 1 is 1.21 bits per heavy atom. The van der Waals surface area contributed by atoms with Gasteiger partial charge in [-0.25, -0.2) is 4.98 Å². The summed E-state index contributed by atoms with van der Waals surface area (Å²) in [5, 5.41) is 9.29. The molecule has 2 aliphatic rings. The number of benzene rings is 1. The van der Waals surface area contributed by atoms with E-state index in [0.29, 0.717) is 5.92 Å². The molecule has 1 aliphatic carbocycles. The first-order valence-corrected chi connectivity index (χ1v) is 9.05. The Morgan fingerprint density at radius 3 is 2.92 bits per heavy atom. The predicted molar refractivity (Wildman–Crippen MR) is 93.4 cm³/mol. The van der Waals surface area contributed by atoms with Crippen LogP contribution in [0.5, 0.6) is 0 Å². The lowest BCUT2D eigenvalue weighted by molar-refractivity contribution is 0.194. The Bertz CT molecular complexity index is 738. The minimum Gasteiger partial charge on any atom is -0.334 e. The third-order valence-corrected chi connectivity index (χ3v) is 5.30. The monoisotopic (exact) mass is 320 g/mol. The highest BCUT2D eigenvalue weighted by Gasteiger charge is 2.27. The van der Waals surface area contributed by atoms with Crippen molar-refractivity contribution in [1.29, 1.82) is 5.26 Å². The van der Waals surface area contributed by atoms with Crippen LogP contribution in [0.25, 0.3) is 0 Å². The van der Waals surface area contributed by atoms with Gasteiger partial charge in [-0.3, -0.25) is 4.90 Å². The minimum absolute atomic E-state index is 0.516. The van der Waals surface area contributed by atoms with E-state index in [1.807, 2.05) is 24.4 Å². The summed E-state index contributed by atoms with van der Waals surface area (Å²) in [6.45, 7) is 4.16. The second kappa shape index (κ2) is 6.78. The van der Waals surface area contributed by atoms with Crippen molar-refractivity contribution in [3.8, 4) is 6.07 Å². The van der Waals surface area contributed by atoms with Crippen LogP contribution in [0.2, 0.25) is 0 Å². The van der Waals surface area contributed by atoms with Crippen LogP contribution in [-0.2, 0) is 13.1 Å². The maximum Gasteiger partial charge on any atom is 0.113 e. The normalized spacial score (nSPS) is 21.5. The van der Waals surface area contributed by atoms with Crippen LogP contribution < -0.4 is 0 Å². The van der Waals surface area contributed by atoms with Crippen molar-refractivity contribution >= 4 is 0 Å². The van der Waals surface area contributed by atoms with Gasteiger partial charge in [-0.15, -0.1) is 0 Å². The first-order valence-electron chi connectivity index (χ1n) is 9.05. The second-order valence-electron chi connectivity index (χ2n) is 7.22. The summed E-state index contributed by atoms with van der Waals surface area (Å²) in [5.74, 6) is 2.65. The summed E-state index contributed by atoms with van der Waals surface area (Å²) in [5.41, 5.74) is 1.94. The van der Waals surface area contributed by atoms with Gasteiger partial charge in [-0.2, -0.15) is 5.26 Å². The van der Waals surface area contributed by atoms with Gasteiger partial charge in [0.2, 0.25) is 0 Å². The SMILES string of the molecule is N#Cc1ccccc1CN1CCC[C@H](c2nccn2CC2CC2)C1. The first-order chi connectivity index (χ1) is 11.8. The molecule has 1 aliphatic heterocycles. The number of aromatic nitrogens is 2. The van der Waals surface area contributed by atoms with Crippen LogP contribution in [-0.4, -0.2) is 27.5 Å². The fraction of sp³-hybridized carbons (Fsp3) is 0.500. The molecule has 0 N–H and O–H groups in total. The van der Waals surface area contributed by atoms with Crippen LogP contribution >= 0.6 is 0 Å². The average Bonchev–Trinajstić information content (AvgIpc) is 3.31. The zero-order valence-corrected chi connectivity index (χ0v) is 14.1. The molecule has 24 heavy (non-hydrogen) atoms. The van der Waals surface area contributed by atoms with Crippen LogP contribution in [0.3, 0.4) is 0 Å². The van der Waals surface area contributed by atoms with E-state index in [2.05, 4.69) is 32.8 Å². The standard InChI is InChI=1S/C20H24N4/c21-12-17-4-1-2-5-18(17)14-23-10-3-6-19(15-23)20-22-9-11-24(20)13-16-7-8-16/h1-2,4-5,9,11,16,19H,3,6-8,10,13-15H2/t19-/m0/s1. The number of hydrogen-bond acceptors (Lipinski definition) is 3. The maximum atomic E-state index is 9.29. The molecular formula is C20H24N4. The van der Waals surface area contributed by atoms with E-state index in [-0.39, 0.29) is 0 Å². The molecule has 1 aromatic heterocycles. The van der Waals surface area contributed by atoms with Gasteiger partial charge >= 0.3 is 0 Å². The highest BCUT2D eigenvalue weighted by molar-refractivity contribution is 5.37. The van der Waals surface area contributed by atoms with Gasteiger partial charge < -0.3 is 4.57 Å². The van der Waals surface area contributed by atoms with Gasteiger partial charge in [0.15, 0.2) is 0 Å². The molecule has 4 nitrogen and oxygen atoms in total. The lowest BCUT2D eigenvalue weighted by Gasteiger charge is -2.33. The molecule has 0 bridgehead atoms. The first kappa shape index (κ1) is 15.4. The van der Waals surface area contributed by atoms with Crippen molar-refractivity contribution in [2.45, 2.75) is 44.7 Å². The largest absolute Gasteiger partial charge is 0.334 e. The van der Waals surface area contributed by atoms with Crippen molar-refractivity contribution in [2.24, 2.45) is 5.92 Å². The van der Waals surface area contributed by atoms with E-state index >= 15 is 0 Å². The van der Waals surface area contributed by atoms with Gasteiger partial charge in [0.25, 0.3) is 0 Å². The molecule has 4 rings (SSSR count). The Labute approximate surface area is 143 Å². The molecule has 2 aromatic rings. The number of nitriles is 1. The lowest BCUT2D eigenvalue weighted by Crippen LogP contribution is -2.35. The highest BCUT2D eigenvalue weighted by atomic mass is 15.1. The lowest BCUT2D eigenvalue weighted by atomic mass is 9.96. The molecule has 0 radical (unpaired) electrons. The molecule has 1 saturated heterocycles. The summed E-state index contributed by atoms with van der Waals surface area (Å²) in [6.07, 6.45) is 9.28. The van der Waals surface area contributed by atoms with Gasteiger partial charge in [0.1, 0.15) is 5.82 Å². The highest BCUT2D eigenvalue weighted by Crippen LogP contribution is 2.33. The van der Waals surface area contributed by atoms with Gasteiger partial charge in [0, 0.05) is 37.9 Å². The van der Waals surface area contributed by atoms with E-state index in [9.17, 15) is 5.26 Å². The van der Waals surface area contributed by atoms with E-state index < -0.39 is 0 Å². The topological polar surface area (TPSA) is 44.9 Å². The van der Waals surface area contributed by atoms with E-state index in [4.69, 9.17) is 0 Å². The molecular weight excluding hydrogens is 296 g/mol. The Morgan fingerprint density at radius 2 is 2.08 bits per heavy atom. The summed E-state index contributed by atoms with van der Waals surface area (Å²) < 4.78 is 2.38. The molecule has 1 aromatic carbocycles. The number of likely N-dealkylation sites (tertiary alicyclic amines) is 1. The summed E-state index contributed by atoms with van der Waals surface area (Å²) >= 11 is 0. The molecule has 1 atom stereocenters. The van der Waals surface area contributed by atoms with Gasteiger partial charge in [0.05, 0.1) is 11.6 Å². The van der Waals surface area contributed by atoms with Crippen molar-refractivity contribution < 1.29 is 0 Å². The van der Waals surface area contributed by atoms with Crippen LogP contribution in [0.15, 0.2) is 36.7 Å². The molecule has 4 heteroatoms. The van der Waals surface area contributed by atoms with Crippen molar-refractivity contribution in [2.75, 3.05) is 13.1 Å². The fourth-order valence-corrected chi connectivity index (χ4v) is 3.83.